The first kappa shape index (κ1) is 16.1. The highest BCUT2D eigenvalue weighted by Gasteiger charge is 2.50. The number of ether oxygens (including phenoxy) is 2. The Bertz CT molecular complexity index is 412. The van der Waals surface area contributed by atoms with Gasteiger partial charge in [-0.25, -0.2) is 0 Å². The molecule has 2 rings (SSSR count). The van der Waals surface area contributed by atoms with Crippen LogP contribution in [0.1, 0.15) is 41.5 Å². The molecule has 0 aliphatic carbocycles. The number of aliphatic imine (C=N–C) groups is 1. The van der Waals surface area contributed by atoms with Crippen LogP contribution >= 0.6 is 0 Å². The number of nitrogens with zero attached hydrogens (tertiary/aromatic N) is 1. The van der Waals surface area contributed by atoms with E-state index in [0.29, 0.717) is 6.61 Å². The van der Waals surface area contributed by atoms with Crippen LogP contribution in [0, 0.1) is 0 Å². The molecule has 0 aromatic heterocycles. The van der Waals surface area contributed by atoms with Crippen molar-refractivity contribution in [3.8, 4) is 0 Å². The van der Waals surface area contributed by atoms with E-state index >= 15 is 0 Å². The maximum absolute atomic E-state index is 6.30. The number of hydrogen-bond donors (Lipinski definition) is 0. The summed E-state index contributed by atoms with van der Waals surface area (Å²) in [6.45, 7) is 17.9. The molecule has 3 atom stereocenters. The Morgan fingerprint density at radius 2 is 1.85 bits per heavy atom. The molecule has 116 valence electrons. The third-order valence-corrected chi connectivity index (χ3v) is 9.21. The minimum atomic E-state index is -1.74. The van der Waals surface area contributed by atoms with Crippen LogP contribution in [0.3, 0.4) is 0 Å². The van der Waals surface area contributed by atoms with Crippen LogP contribution in [0.2, 0.25) is 18.1 Å². The van der Waals surface area contributed by atoms with Crippen LogP contribution in [0.15, 0.2) is 4.99 Å². The molecule has 2 heterocycles. The van der Waals surface area contributed by atoms with Crippen molar-refractivity contribution in [1.82, 2.24) is 0 Å². The molecule has 0 N–H and O–H groups in total. The molecule has 0 saturated carbocycles. The minimum absolute atomic E-state index is 0.00184. The molecule has 0 amide bonds. The second-order valence-electron chi connectivity index (χ2n) is 7.93. The van der Waals surface area contributed by atoms with Crippen LogP contribution in [0.4, 0.5) is 0 Å². The van der Waals surface area contributed by atoms with Crippen LogP contribution in [0.5, 0.6) is 0 Å². The zero-order valence-corrected chi connectivity index (χ0v) is 15.1. The van der Waals surface area contributed by atoms with Crippen LogP contribution in [0.25, 0.3) is 0 Å². The summed E-state index contributed by atoms with van der Waals surface area (Å²) < 4.78 is 18.2. The summed E-state index contributed by atoms with van der Waals surface area (Å²) in [6.07, 6.45) is 0.00721. The summed E-state index contributed by atoms with van der Waals surface area (Å²) in [4.78, 5) is 4.69. The summed E-state index contributed by atoms with van der Waals surface area (Å²) in [7, 11) is -1.74. The summed E-state index contributed by atoms with van der Waals surface area (Å²) in [5.74, 6) is -0.512. The van der Waals surface area contributed by atoms with Crippen molar-refractivity contribution < 1.29 is 13.9 Å². The smallest absolute Gasteiger partial charge is 0.192 e. The van der Waals surface area contributed by atoms with E-state index in [2.05, 4.69) is 38.9 Å². The van der Waals surface area contributed by atoms with Gasteiger partial charge < -0.3 is 13.9 Å². The fourth-order valence-corrected chi connectivity index (χ4v) is 3.46. The summed E-state index contributed by atoms with van der Waals surface area (Å²) in [5, 5.41) is 0.218. The number of rotatable bonds is 3. The molecule has 0 unspecified atom stereocenters. The molecule has 0 spiro atoms. The first-order valence-corrected chi connectivity index (χ1v) is 10.4. The number of hydrogen-bond acceptors (Lipinski definition) is 4. The molecule has 4 nitrogen and oxygen atoms in total. The Kier molecular flexibility index (Phi) is 3.96. The molecule has 2 aliphatic rings. The second kappa shape index (κ2) is 4.90. The molecule has 1 saturated heterocycles. The van der Waals surface area contributed by atoms with Gasteiger partial charge in [-0.05, 0) is 38.9 Å². The highest BCUT2D eigenvalue weighted by atomic mass is 28.4. The van der Waals surface area contributed by atoms with Gasteiger partial charge in [-0.3, -0.25) is 4.99 Å². The summed E-state index contributed by atoms with van der Waals surface area (Å²) >= 11 is 0. The predicted molar refractivity (Wildman–Crippen MR) is 83.9 cm³/mol. The van der Waals surface area contributed by atoms with E-state index in [4.69, 9.17) is 13.9 Å². The third kappa shape index (κ3) is 3.01. The first-order chi connectivity index (χ1) is 8.93. The van der Waals surface area contributed by atoms with Crippen molar-refractivity contribution in [3.63, 3.8) is 0 Å². The van der Waals surface area contributed by atoms with Gasteiger partial charge in [0.05, 0.1) is 6.61 Å². The molecule has 20 heavy (non-hydrogen) atoms. The van der Waals surface area contributed by atoms with Gasteiger partial charge in [-0.2, -0.15) is 0 Å². The molecular weight excluding hydrogens is 270 g/mol. The average Bonchev–Trinajstić information content (AvgIpc) is 2.70. The Labute approximate surface area is 124 Å². The van der Waals surface area contributed by atoms with E-state index in [1.54, 1.807) is 0 Å². The van der Waals surface area contributed by atoms with Gasteiger partial charge in [0.25, 0.3) is 0 Å². The van der Waals surface area contributed by atoms with Crippen molar-refractivity contribution in [1.29, 1.82) is 0 Å². The topological polar surface area (TPSA) is 40.0 Å². The first-order valence-electron chi connectivity index (χ1n) is 7.47. The predicted octanol–water partition coefficient (Wildman–Crippen LogP) is 3.37. The van der Waals surface area contributed by atoms with Gasteiger partial charge in [0.15, 0.2) is 14.1 Å². The molecule has 5 heteroatoms. The highest BCUT2D eigenvalue weighted by molar-refractivity contribution is 6.74. The van der Waals surface area contributed by atoms with Gasteiger partial charge >= 0.3 is 0 Å². The van der Waals surface area contributed by atoms with Gasteiger partial charge in [0.1, 0.15) is 18.2 Å². The van der Waals surface area contributed by atoms with E-state index in [0.717, 1.165) is 5.71 Å². The van der Waals surface area contributed by atoms with Gasteiger partial charge in [0.2, 0.25) is 0 Å². The fourth-order valence-electron chi connectivity index (χ4n) is 2.44. The molecule has 0 radical (unpaired) electrons. The van der Waals surface area contributed by atoms with Crippen molar-refractivity contribution in [3.05, 3.63) is 0 Å². The summed E-state index contributed by atoms with van der Waals surface area (Å²) in [6, 6.07) is 0.0656. The fraction of sp³-hybridized carbons (Fsp3) is 0.933. The monoisotopic (exact) mass is 299 g/mol. The van der Waals surface area contributed by atoms with Gasteiger partial charge in [-0.1, -0.05) is 20.8 Å². The average molecular weight is 299 g/mol. The Morgan fingerprint density at radius 3 is 2.40 bits per heavy atom. The molecule has 0 aromatic carbocycles. The SMILES string of the molecule is CC1=N[C@@H](CO[Si](C)(C)C(C)(C)C)[C@H]2OC(C)(C)O[C@@H]12. The lowest BCUT2D eigenvalue weighted by molar-refractivity contribution is -0.145. The second-order valence-corrected chi connectivity index (χ2v) is 12.7. The lowest BCUT2D eigenvalue weighted by atomic mass is 10.1. The third-order valence-electron chi connectivity index (χ3n) is 4.71. The van der Waals surface area contributed by atoms with Gasteiger partial charge in [-0.15, -0.1) is 0 Å². The van der Waals surface area contributed by atoms with E-state index < -0.39 is 14.1 Å². The van der Waals surface area contributed by atoms with E-state index in [-0.39, 0.29) is 23.3 Å². The molecule has 1 fully saturated rings. The molecular formula is C15H29NO3Si. The normalized spacial score (nSPS) is 33.2. The van der Waals surface area contributed by atoms with Crippen molar-refractivity contribution in [2.75, 3.05) is 6.61 Å². The number of fused-ring (bicyclic) bond motifs is 1. The van der Waals surface area contributed by atoms with E-state index in [9.17, 15) is 0 Å². The zero-order chi connectivity index (χ0) is 15.3. The standard InChI is InChI=1S/C15H29NO3Si/c1-10-12-13(19-15(5,6)18-12)11(16-10)9-17-20(7,8)14(2,3)4/h11-13H,9H2,1-8H3/t11-,12-,13+/m0/s1. The van der Waals surface area contributed by atoms with Crippen molar-refractivity contribution in [2.24, 2.45) is 4.99 Å². The van der Waals surface area contributed by atoms with Crippen molar-refractivity contribution in [2.45, 2.75) is 83.7 Å². The highest BCUT2D eigenvalue weighted by Crippen LogP contribution is 2.39. The maximum atomic E-state index is 6.30. The van der Waals surface area contributed by atoms with Crippen LogP contribution in [-0.4, -0.2) is 44.7 Å². The Morgan fingerprint density at radius 1 is 1.25 bits per heavy atom. The summed E-state index contributed by atoms with van der Waals surface area (Å²) in [5.41, 5.74) is 1.03. The maximum Gasteiger partial charge on any atom is 0.192 e. The van der Waals surface area contributed by atoms with E-state index in [1.165, 1.54) is 0 Å². The lowest BCUT2D eigenvalue weighted by Crippen LogP contribution is -2.44. The molecule has 2 aliphatic heterocycles. The van der Waals surface area contributed by atoms with E-state index in [1.807, 2.05) is 20.8 Å². The Balaban J connectivity index is 2.01. The Hall–Kier alpha value is -0.233. The van der Waals surface area contributed by atoms with Gasteiger partial charge in [0, 0.05) is 5.71 Å². The van der Waals surface area contributed by atoms with Crippen molar-refractivity contribution >= 4 is 14.0 Å². The largest absolute Gasteiger partial charge is 0.415 e. The van der Waals surface area contributed by atoms with Crippen LogP contribution < -0.4 is 0 Å². The zero-order valence-electron chi connectivity index (χ0n) is 14.1. The van der Waals surface area contributed by atoms with Crippen LogP contribution in [-0.2, 0) is 13.9 Å². The lowest BCUT2D eigenvalue weighted by Gasteiger charge is -2.37. The molecule has 0 bridgehead atoms. The molecule has 0 aromatic rings. The quantitative estimate of drug-likeness (QED) is 0.750. The minimum Gasteiger partial charge on any atom is -0.415 e.